The number of ether oxygens (including phenoxy) is 1. The van der Waals surface area contributed by atoms with E-state index in [1.54, 1.807) is 18.7 Å². The molecule has 1 aromatic rings. The molecule has 1 saturated heterocycles. The van der Waals surface area contributed by atoms with Crippen molar-refractivity contribution in [1.29, 1.82) is 0 Å². The second kappa shape index (κ2) is 9.75. The van der Waals surface area contributed by atoms with E-state index >= 15 is 0 Å². The number of hydrogen-bond acceptors (Lipinski definition) is 6. The zero-order valence-electron chi connectivity index (χ0n) is 17.5. The van der Waals surface area contributed by atoms with Crippen molar-refractivity contribution in [2.24, 2.45) is 0 Å². The maximum absolute atomic E-state index is 13.3. The molecule has 2 aliphatic rings. The Morgan fingerprint density at radius 1 is 1.10 bits per heavy atom. The number of thioether (sulfide) groups is 1. The van der Waals surface area contributed by atoms with Crippen molar-refractivity contribution < 1.29 is 19.1 Å². The molecule has 0 radical (unpaired) electrons. The summed E-state index contributed by atoms with van der Waals surface area (Å²) in [5, 5.41) is 0. The minimum absolute atomic E-state index is 0.182. The predicted octanol–water partition coefficient (Wildman–Crippen LogP) is 4.14. The van der Waals surface area contributed by atoms with Gasteiger partial charge in [-0.2, -0.15) is 0 Å². The Morgan fingerprint density at radius 2 is 1.83 bits per heavy atom. The maximum Gasteiger partial charge on any atom is 0.326 e. The van der Waals surface area contributed by atoms with Gasteiger partial charge in [0.05, 0.1) is 22.3 Å². The molecule has 160 valence electrons. The molecule has 0 N–H and O–H groups in total. The summed E-state index contributed by atoms with van der Waals surface area (Å²) in [6, 6.07) is 7.50. The van der Waals surface area contributed by atoms with E-state index in [0.717, 1.165) is 48.7 Å². The fourth-order valence-electron chi connectivity index (χ4n) is 3.53. The van der Waals surface area contributed by atoms with Gasteiger partial charge < -0.3 is 9.64 Å². The van der Waals surface area contributed by atoms with E-state index in [2.05, 4.69) is 6.92 Å². The van der Waals surface area contributed by atoms with Crippen LogP contribution in [-0.4, -0.2) is 46.2 Å². The van der Waals surface area contributed by atoms with Crippen LogP contribution in [0.15, 0.2) is 29.2 Å². The minimum atomic E-state index is -0.525. The number of unbranched alkanes of at least 4 members (excludes halogenated alkanes) is 3. The van der Waals surface area contributed by atoms with Crippen molar-refractivity contribution in [3.63, 3.8) is 0 Å². The van der Waals surface area contributed by atoms with Crippen LogP contribution >= 0.6 is 24.0 Å². The summed E-state index contributed by atoms with van der Waals surface area (Å²) in [4.78, 5) is 41.6. The lowest BCUT2D eigenvalue weighted by Gasteiger charge is -2.17. The van der Waals surface area contributed by atoms with Gasteiger partial charge in [0.1, 0.15) is 10.9 Å². The van der Waals surface area contributed by atoms with E-state index in [4.69, 9.17) is 17.0 Å². The van der Waals surface area contributed by atoms with Crippen LogP contribution in [0.1, 0.15) is 52.0 Å². The number of rotatable bonds is 8. The van der Waals surface area contributed by atoms with Crippen LogP contribution in [0.4, 0.5) is 5.69 Å². The van der Waals surface area contributed by atoms with Gasteiger partial charge in [0.2, 0.25) is 0 Å². The Morgan fingerprint density at radius 3 is 2.53 bits per heavy atom. The van der Waals surface area contributed by atoms with Gasteiger partial charge in [-0.3, -0.25) is 19.3 Å². The fraction of sp³-hybridized carbons (Fsp3) is 0.455. The Labute approximate surface area is 186 Å². The number of esters is 1. The zero-order valence-corrected chi connectivity index (χ0v) is 19.1. The van der Waals surface area contributed by atoms with Crippen LogP contribution in [0, 0.1) is 0 Å². The molecule has 0 atom stereocenters. The SMILES string of the molecule is CCCCCCN1C(=O)/C(=C2\SC(=S)N(CC(=O)OC(C)C)C2=O)c2ccccc21. The van der Waals surface area contributed by atoms with Gasteiger partial charge in [-0.1, -0.05) is 68.4 Å². The third kappa shape index (κ3) is 4.59. The number of benzene rings is 1. The molecule has 1 fully saturated rings. The smallest absolute Gasteiger partial charge is 0.326 e. The third-order valence-electron chi connectivity index (χ3n) is 4.89. The van der Waals surface area contributed by atoms with Crippen molar-refractivity contribution in [1.82, 2.24) is 4.90 Å². The Balaban J connectivity index is 1.88. The molecule has 2 aliphatic heterocycles. The molecule has 6 nitrogen and oxygen atoms in total. The summed E-state index contributed by atoms with van der Waals surface area (Å²) < 4.78 is 5.39. The molecule has 2 heterocycles. The first-order valence-electron chi connectivity index (χ1n) is 10.2. The molecule has 2 amide bonds. The lowest BCUT2D eigenvalue weighted by molar-refractivity contribution is -0.149. The van der Waals surface area contributed by atoms with Crippen molar-refractivity contribution in [3.8, 4) is 0 Å². The van der Waals surface area contributed by atoms with Gasteiger partial charge in [0.25, 0.3) is 11.8 Å². The average molecular weight is 447 g/mol. The fourth-order valence-corrected chi connectivity index (χ4v) is 4.86. The van der Waals surface area contributed by atoms with Gasteiger partial charge in [0.15, 0.2) is 0 Å². The topological polar surface area (TPSA) is 66.9 Å². The van der Waals surface area contributed by atoms with Gasteiger partial charge in [-0.25, -0.2) is 0 Å². The number of thiocarbonyl (C=S) groups is 1. The summed E-state index contributed by atoms with van der Waals surface area (Å²) in [5.41, 5.74) is 1.93. The molecule has 0 aromatic heterocycles. The maximum atomic E-state index is 13.3. The molecule has 30 heavy (non-hydrogen) atoms. The molecule has 8 heteroatoms. The Kier molecular flexibility index (Phi) is 7.31. The number of hydrogen-bond donors (Lipinski definition) is 0. The highest BCUT2D eigenvalue weighted by molar-refractivity contribution is 8.26. The van der Waals surface area contributed by atoms with Crippen LogP contribution in [0.3, 0.4) is 0 Å². The zero-order chi connectivity index (χ0) is 21.8. The molecule has 1 aromatic carbocycles. The van der Waals surface area contributed by atoms with Crippen molar-refractivity contribution in [2.75, 3.05) is 18.0 Å². The molecule has 0 bridgehead atoms. The Bertz CT molecular complexity index is 910. The summed E-state index contributed by atoms with van der Waals surface area (Å²) >= 11 is 6.40. The normalized spacial score (nSPS) is 18.6. The second-order valence-corrected chi connectivity index (χ2v) is 9.18. The van der Waals surface area contributed by atoms with E-state index in [1.165, 1.54) is 4.90 Å². The molecular formula is C22H26N2O4S2. The average Bonchev–Trinajstić information content (AvgIpc) is 3.12. The van der Waals surface area contributed by atoms with E-state index in [-0.39, 0.29) is 27.8 Å². The number of nitrogens with zero attached hydrogens (tertiary/aromatic N) is 2. The van der Waals surface area contributed by atoms with E-state index < -0.39 is 11.9 Å². The van der Waals surface area contributed by atoms with Gasteiger partial charge in [-0.05, 0) is 26.3 Å². The lowest BCUT2D eigenvalue weighted by Crippen LogP contribution is -2.35. The van der Waals surface area contributed by atoms with E-state index in [1.807, 2.05) is 24.3 Å². The molecule has 0 unspecified atom stereocenters. The third-order valence-corrected chi connectivity index (χ3v) is 6.34. The second-order valence-electron chi connectivity index (χ2n) is 7.54. The highest BCUT2D eigenvalue weighted by Gasteiger charge is 2.42. The molecule has 0 spiro atoms. The van der Waals surface area contributed by atoms with Crippen molar-refractivity contribution >= 4 is 57.3 Å². The summed E-state index contributed by atoms with van der Waals surface area (Å²) in [6.07, 6.45) is 3.93. The van der Waals surface area contributed by atoms with Gasteiger partial charge in [-0.15, -0.1) is 0 Å². The standard InChI is InChI=1S/C22H26N2O4S2/c1-4-5-6-9-12-23-16-11-8-7-10-15(16)18(20(23)26)19-21(27)24(22(29)30-19)13-17(25)28-14(2)3/h7-8,10-11,14H,4-6,9,12-13H2,1-3H3/b19-18-. The molecule has 0 saturated carbocycles. The first-order valence-corrected chi connectivity index (χ1v) is 11.5. The number of amides is 2. The summed E-state index contributed by atoms with van der Waals surface area (Å²) in [7, 11) is 0. The summed E-state index contributed by atoms with van der Waals surface area (Å²) in [5.74, 6) is -1.13. The van der Waals surface area contributed by atoms with E-state index in [0.29, 0.717) is 12.1 Å². The predicted molar refractivity (Wildman–Crippen MR) is 123 cm³/mol. The quantitative estimate of drug-likeness (QED) is 0.259. The highest BCUT2D eigenvalue weighted by Crippen LogP contribution is 2.44. The number of para-hydroxylation sites is 1. The largest absolute Gasteiger partial charge is 0.462 e. The number of carbonyl (C=O) groups is 3. The summed E-state index contributed by atoms with van der Waals surface area (Å²) in [6.45, 7) is 5.99. The monoisotopic (exact) mass is 446 g/mol. The van der Waals surface area contributed by atoms with Crippen LogP contribution in [0.2, 0.25) is 0 Å². The minimum Gasteiger partial charge on any atom is -0.462 e. The van der Waals surface area contributed by atoms with Crippen molar-refractivity contribution in [3.05, 3.63) is 34.7 Å². The van der Waals surface area contributed by atoms with Crippen LogP contribution in [-0.2, 0) is 19.1 Å². The molecule has 3 rings (SSSR count). The molecular weight excluding hydrogens is 420 g/mol. The Hall–Kier alpha value is -2.19. The molecule has 0 aliphatic carbocycles. The van der Waals surface area contributed by atoms with Crippen LogP contribution in [0.5, 0.6) is 0 Å². The van der Waals surface area contributed by atoms with Crippen molar-refractivity contribution in [2.45, 2.75) is 52.6 Å². The number of carbonyl (C=O) groups excluding carboxylic acids is 3. The van der Waals surface area contributed by atoms with Crippen LogP contribution in [0.25, 0.3) is 5.57 Å². The van der Waals surface area contributed by atoms with Gasteiger partial charge in [0, 0.05) is 12.1 Å². The number of anilines is 1. The lowest BCUT2D eigenvalue weighted by atomic mass is 10.1. The highest BCUT2D eigenvalue weighted by atomic mass is 32.2. The first kappa shape index (κ1) is 22.5. The van der Waals surface area contributed by atoms with Crippen LogP contribution < -0.4 is 4.90 Å². The number of fused-ring (bicyclic) bond motifs is 1. The van der Waals surface area contributed by atoms with E-state index in [9.17, 15) is 14.4 Å². The van der Waals surface area contributed by atoms with Gasteiger partial charge >= 0.3 is 5.97 Å². The first-order chi connectivity index (χ1) is 14.3.